The molecule has 1 aromatic rings. The Kier molecular flexibility index (Phi) is 4.39. The molecule has 0 radical (unpaired) electrons. The molecule has 0 aliphatic carbocycles. The van der Waals surface area contributed by atoms with Crippen molar-refractivity contribution in [3.8, 4) is 0 Å². The maximum Gasteiger partial charge on any atom is 0.309 e. The molecule has 0 unspecified atom stereocenters. The molecule has 0 amide bonds. The number of esters is 1. The molecule has 0 atom stereocenters. The third-order valence-electron chi connectivity index (χ3n) is 2.00. The molecule has 4 heteroatoms. The SMILES string of the molecule is COC(=O)CC=Cc1cccc(C=O)c1F. The number of carbonyl (C=O) groups is 2. The van der Waals surface area contributed by atoms with Crippen LogP contribution in [0.15, 0.2) is 24.3 Å². The first-order valence-corrected chi connectivity index (χ1v) is 4.66. The molecule has 1 aromatic carbocycles. The molecular weight excluding hydrogens is 211 g/mol. The summed E-state index contributed by atoms with van der Waals surface area (Å²) in [6.45, 7) is 0. The molecular formula is C12H11FO3. The summed E-state index contributed by atoms with van der Waals surface area (Å²) in [5.74, 6) is -0.984. The van der Waals surface area contributed by atoms with E-state index in [9.17, 15) is 14.0 Å². The van der Waals surface area contributed by atoms with Crippen LogP contribution in [0.4, 0.5) is 4.39 Å². The molecule has 16 heavy (non-hydrogen) atoms. The van der Waals surface area contributed by atoms with Crippen LogP contribution in [0.3, 0.4) is 0 Å². The lowest BCUT2D eigenvalue weighted by Crippen LogP contribution is -1.97. The Bertz CT molecular complexity index is 424. The van der Waals surface area contributed by atoms with E-state index in [-0.39, 0.29) is 17.5 Å². The van der Waals surface area contributed by atoms with E-state index in [4.69, 9.17) is 0 Å². The van der Waals surface area contributed by atoms with Gasteiger partial charge in [-0.2, -0.15) is 0 Å². The minimum absolute atomic E-state index is 0.000202. The van der Waals surface area contributed by atoms with Gasteiger partial charge in [-0.05, 0) is 6.07 Å². The standard InChI is InChI=1S/C12H11FO3/c1-16-11(15)7-3-5-9-4-2-6-10(8-14)12(9)13/h2-6,8H,7H2,1H3. The van der Waals surface area contributed by atoms with E-state index in [2.05, 4.69) is 4.74 Å². The van der Waals surface area contributed by atoms with Crippen molar-refractivity contribution in [3.63, 3.8) is 0 Å². The Balaban J connectivity index is 2.81. The van der Waals surface area contributed by atoms with Crippen molar-refractivity contribution in [1.82, 2.24) is 0 Å². The zero-order valence-corrected chi connectivity index (χ0v) is 8.77. The number of aldehydes is 1. The van der Waals surface area contributed by atoms with Gasteiger partial charge in [-0.25, -0.2) is 4.39 Å². The molecule has 1 rings (SSSR count). The smallest absolute Gasteiger partial charge is 0.309 e. The van der Waals surface area contributed by atoms with E-state index >= 15 is 0 Å². The van der Waals surface area contributed by atoms with Crippen molar-refractivity contribution < 1.29 is 18.7 Å². The van der Waals surface area contributed by atoms with Gasteiger partial charge in [0.2, 0.25) is 0 Å². The van der Waals surface area contributed by atoms with Crippen LogP contribution in [-0.4, -0.2) is 19.4 Å². The highest BCUT2D eigenvalue weighted by atomic mass is 19.1. The van der Waals surface area contributed by atoms with Crippen molar-refractivity contribution in [3.05, 3.63) is 41.2 Å². The van der Waals surface area contributed by atoms with E-state index in [1.807, 2.05) is 0 Å². The Labute approximate surface area is 92.5 Å². The van der Waals surface area contributed by atoms with Crippen LogP contribution in [0.2, 0.25) is 0 Å². The summed E-state index contributed by atoms with van der Waals surface area (Å²) in [5, 5.41) is 0. The van der Waals surface area contributed by atoms with Crippen molar-refractivity contribution in [2.75, 3.05) is 7.11 Å². The maximum atomic E-state index is 13.5. The van der Waals surface area contributed by atoms with Crippen LogP contribution < -0.4 is 0 Å². The first kappa shape index (κ1) is 12.1. The molecule has 0 aliphatic heterocycles. The second-order valence-corrected chi connectivity index (χ2v) is 3.05. The summed E-state index contributed by atoms with van der Waals surface area (Å²) in [4.78, 5) is 21.3. The summed E-state index contributed by atoms with van der Waals surface area (Å²) in [6.07, 6.45) is 3.45. The molecule has 0 heterocycles. The first-order chi connectivity index (χ1) is 7.69. The molecule has 0 aromatic heterocycles. The van der Waals surface area contributed by atoms with Crippen molar-refractivity contribution in [2.24, 2.45) is 0 Å². The summed E-state index contributed by atoms with van der Waals surface area (Å²) >= 11 is 0. The number of halogens is 1. The Morgan fingerprint density at radius 2 is 2.12 bits per heavy atom. The van der Waals surface area contributed by atoms with Crippen molar-refractivity contribution >= 4 is 18.3 Å². The van der Waals surface area contributed by atoms with E-state index in [0.717, 1.165) is 0 Å². The molecule has 3 nitrogen and oxygen atoms in total. The lowest BCUT2D eigenvalue weighted by molar-refractivity contribution is -0.139. The molecule has 0 spiro atoms. The number of hydrogen-bond donors (Lipinski definition) is 0. The molecule has 84 valence electrons. The van der Waals surface area contributed by atoms with Gasteiger partial charge in [0.1, 0.15) is 5.82 Å². The fourth-order valence-electron chi connectivity index (χ4n) is 1.15. The largest absolute Gasteiger partial charge is 0.469 e. The third kappa shape index (κ3) is 3.02. The lowest BCUT2D eigenvalue weighted by atomic mass is 10.1. The Morgan fingerprint density at radius 1 is 1.44 bits per heavy atom. The van der Waals surface area contributed by atoms with Crippen LogP contribution in [0.1, 0.15) is 22.3 Å². The third-order valence-corrected chi connectivity index (χ3v) is 2.00. The van der Waals surface area contributed by atoms with E-state index in [1.54, 1.807) is 6.07 Å². The van der Waals surface area contributed by atoms with Gasteiger partial charge in [0.25, 0.3) is 0 Å². The number of rotatable bonds is 4. The van der Waals surface area contributed by atoms with Crippen LogP contribution in [0.25, 0.3) is 6.08 Å². The molecule has 0 N–H and O–H groups in total. The van der Waals surface area contributed by atoms with Gasteiger partial charge in [-0.3, -0.25) is 9.59 Å². The quantitative estimate of drug-likeness (QED) is 0.579. The lowest BCUT2D eigenvalue weighted by Gasteiger charge is -1.99. The van der Waals surface area contributed by atoms with Gasteiger partial charge in [0.05, 0.1) is 19.1 Å². The minimum atomic E-state index is -0.585. The zero-order valence-electron chi connectivity index (χ0n) is 8.77. The second-order valence-electron chi connectivity index (χ2n) is 3.05. The molecule has 0 bridgehead atoms. The topological polar surface area (TPSA) is 43.4 Å². The van der Waals surface area contributed by atoms with Gasteiger partial charge in [0.15, 0.2) is 6.29 Å². The predicted molar refractivity (Wildman–Crippen MR) is 57.5 cm³/mol. The number of carbonyl (C=O) groups excluding carboxylic acids is 2. The summed E-state index contributed by atoms with van der Waals surface area (Å²) < 4.78 is 17.9. The predicted octanol–water partition coefficient (Wildman–Crippen LogP) is 2.21. The van der Waals surface area contributed by atoms with E-state index in [1.165, 1.54) is 31.4 Å². The van der Waals surface area contributed by atoms with Crippen LogP contribution in [0, 0.1) is 5.82 Å². The van der Waals surface area contributed by atoms with Crippen LogP contribution >= 0.6 is 0 Å². The maximum absolute atomic E-state index is 13.5. The average molecular weight is 222 g/mol. The number of benzene rings is 1. The zero-order chi connectivity index (χ0) is 12.0. The summed E-state index contributed by atoms with van der Waals surface area (Å²) in [5.41, 5.74) is 0.272. The van der Waals surface area contributed by atoms with E-state index < -0.39 is 11.8 Å². The summed E-state index contributed by atoms with van der Waals surface area (Å²) in [6, 6.07) is 4.49. The summed E-state index contributed by atoms with van der Waals surface area (Å²) in [7, 11) is 1.28. The molecule has 0 saturated carbocycles. The fourth-order valence-corrected chi connectivity index (χ4v) is 1.15. The highest BCUT2D eigenvalue weighted by Crippen LogP contribution is 2.13. The Hall–Kier alpha value is -1.97. The van der Waals surface area contributed by atoms with Gasteiger partial charge in [0, 0.05) is 5.56 Å². The van der Waals surface area contributed by atoms with Crippen molar-refractivity contribution in [1.29, 1.82) is 0 Å². The number of hydrogen-bond acceptors (Lipinski definition) is 3. The second kappa shape index (κ2) is 5.80. The first-order valence-electron chi connectivity index (χ1n) is 4.66. The Morgan fingerprint density at radius 3 is 2.75 bits per heavy atom. The fraction of sp³-hybridized carbons (Fsp3) is 0.167. The molecule has 0 fully saturated rings. The molecule has 0 aliphatic rings. The number of methoxy groups -OCH3 is 1. The average Bonchev–Trinajstić information content (AvgIpc) is 2.31. The van der Waals surface area contributed by atoms with Gasteiger partial charge in [-0.1, -0.05) is 24.3 Å². The molecule has 0 saturated heterocycles. The minimum Gasteiger partial charge on any atom is -0.469 e. The highest BCUT2D eigenvalue weighted by Gasteiger charge is 2.04. The van der Waals surface area contributed by atoms with Gasteiger partial charge < -0.3 is 4.74 Å². The highest BCUT2D eigenvalue weighted by molar-refractivity contribution is 5.77. The van der Waals surface area contributed by atoms with Gasteiger partial charge in [-0.15, -0.1) is 0 Å². The van der Waals surface area contributed by atoms with Crippen LogP contribution in [0.5, 0.6) is 0 Å². The van der Waals surface area contributed by atoms with Gasteiger partial charge >= 0.3 is 5.97 Å². The number of ether oxygens (including phenoxy) is 1. The van der Waals surface area contributed by atoms with E-state index in [0.29, 0.717) is 6.29 Å². The monoisotopic (exact) mass is 222 g/mol. The van der Waals surface area contributed by atoms with Crippen molar-refractivity contribution in [2.45, 2.75) is 6.42 Å². The van der Waals surface area contributed by atoms with Crippen LogP contribution in [-0.2, 0) is 9.53 Å². The normalized spacial score (nSPS) is 10.4.